The van der Waals surface area contributed by atoms with E-state index in [0.717, 1.165) is 16.7 Å². The minimum absolute atomic E-state index is 0.0414. The maximum absolute atomic E-state index is 14.1. The van der Waals surface area contributed by atoms with E-state index in [1.165, 1.54) is 12.1 Å². The Labute approximate surface area is 270 Å². The number of pyridine rings is 1. The van der Waals surface area contributed by atoms with Gasteiger partial charge < -0.3 is 9.84 Å². The number of allylic oxidation sites excluding steroid dienone is 2. The number of aromatic nitrogens is 1. The number of anilines is 1. The van der Waals surface area contributed by atoms with E-state index in [2.05, 4.69) is 4.98 Å². The Hall–Kier alpha value is -4.52. The van der Waals surface area contributed by atoms with E-state index in [-0.39, 0.29) is 19.1 Å². The third-order valence-corrected chi connectivity index (χ3v) is 9.25. The highest BCUT2D eigenvalue weighted by Gasteiger charge is 2.57. The average molecular weight is 675 g/mol. The second-order valence-corrected chi connectivity index (χ2v) is 12.1. The molecule has 2 fully saturated rings. The smallest absolute Gasteiger partial charge is 0.416 e. The molecule has 3 aromatic rings. The van der Waals surface area contributed by atoms with Crippen LogP contribution in [0.15, 0.2) is 71.9 Å². The molecule has 6 rings (SSSR count). The average Bonchev–Trinajstić information content (AvgIpc) is 3.57. The Morgan fingerprint density at radius 3 is 2.29 bits per heavy atom. The Kier molecular flexibility index (Phi) is 8.69. The van der Waals surface area contributed by atoms with E-state index >= 15 is 0 Å². The molecule has 6 nitrogen and oxygen atoms in total. The van der Waals surface area contributed by atoms with E-state index < -0.39 is 76.4 Å². The molecule has 1 aliphatic carbocycles. The number of hydrogen-bond acceptors (Lipinski definition) is 5. The fraction of sp³-hybridized carbons (Fsp3) is 0.343. The molecule has 0 saturated carbocycles. The summed E-state index contributed by atoms with van der Waals surface area (Å²) in [5.41, 5.74) is -0.479. The number of aromatic hydroxyl groups is 1. The number of benzene rings is 2. The summed E-state index contributed by atoms with van der Waals surface area (Å²) in [5, 5.41) is 9.60. The van der Waals surface area contributed by atoms with Gasteiger partial charge in [0.2, 0.25) is 11.8 Å². The first-order valence-electron chi connectivity index (χ1n) is 15.3. The first-order chi connectivity index (χ1) is 22.7. The zero-order valence-corrected chi connectivity index (χ0v) is 25.4. The van der Waals surface area contributed by atoms with Crippen molar-refractivity contribution in [3.8, 4) is 5.75 Å². The largest absolute Gasteiger partial charge is 0.505 e. The summed E-state index contributed by atoms with van der Waals surface area (Å²) in [6.07, 6.45) is -6.02. The minimum atomic E-state index is -5.15. The second kappa shape index (κ2) is 12.5. The van der Waals surface area contributed by atoms with E-state index in [9.17, 15) is 45.4 Å². The SMILES string of the molecule is CCC1=C2[C@@H](CC/C(=C/c3ccc(O)c(F)c3)c3ccccn3)OC[C@@H]2[C@@H]2C(=O)N(c3cc(C(F)(F)F)cc(C(F)(F)F)c3)C(=O)[C@@H]2C1. The summed E-state index contributed by atoms with van der Waals surface area (Å²) in [6.45, 7) is 1.91. The predicted octanol–water partition coefficient (Wildman–Crippen LogP) is 8.22. The number of carbonyl (C=O) groups excluding carboxylic acids is 2. The van der Waals surface area contributed by atoms with Crippen molar-refractivity contribution >= 4 is 29.2 Å². The lowest BCUT2D eigenvalue weighted by Crippen LogP contribution is -2.34. The molecule has 0 unspecified atom stereocenters. The highest BCUT2D eigenvalue weighted by Crippen LogP contribution is 2.52. The number of hydrogen-bond donors (Lipinski definition) is 1. The molecule has 252 valence electrons. The Morgan fingerprint density at radius 1 is 0.979 bits per heavy atom. The van der Waals surface area contributed by atoms with Crippen LogP contribution in [0.5, 0.6) is 5.75 Å². The molecule has 0 spiro atoms. The zero-order valence-electron chi connectivity index (χ0n) is 25.4. The fourth-order valence-corrected chi connectivity index (χ4v) is 7.06. The van der Waals surface area contributed by atoms with Crippen LogP contribution in [-0.4, -0.2) is 34.6 Å². The number of ether oxygens (including phenoxy) is 1. The summed E-state index contributed by atoms with van der Waals surface area (Å²) >= 11 is 0. The lowest BCUT2D eigenvalue weighted by molar-refractivity contribution is -0.143. The molecule has 3 aliphatic rings. The number of phenolic OH excluding ortho intramolecular Hbond substituents is 1. The summed E-state index contributed by atoms with van der Waals surface area (Å²) in [4.78, 5) is 32.3. The first kappa shape index (κ1) is 33.4. The van der Waals surface area contributed by atoms with Crippen LogP contribution in [0.3, 0.4) is 0 Å². The summed E-state index contributed by atoms with van der Waals surface area (Å²) in [5.74, 6) is -5.53. The van der Waals surface area contributed by atoms with Gasteiger partial charge in [-0.25, -0.2) is 9.29 Å². The molecular weight excluding hydrogens is 645 g/mol. The first-order valence-corrected chi connectivity index (χ1v) is 15.3. The molecule has 48 heavy (non-hydrogen) atoms. The van der Waals surface area contributed by atoms with Gasteiger partial charge in [-0.1, -0.05) is 24.6 Å². The molecule has 2 aliphatic heterocycles. The molecular formula is C35H29F7N2O4. The van der Waals surface area contributed by atoms with Gasteiger partial charge in [-0.15, -0.1) is 0 Å². The van der Waals surface area contributed by atoms with Gasteiger partial charge in [-0.05, 0) is 90.9 Å². The molecule has 0 bridgehead atoms. The number of imide groups is 1. The molecule has 13 heteroatoms. The van der Waals surface area contributed by atoms with Crippen LogP contribution in [0.4, 0.5) is 36.4 Å². The number of nitrogens with zero attached hydrogens (tertiary/aromatic N) is 2. The summed E-state index contributed by atoms with van der Waals surface area (Å²) < 4.78 is 102. The van der Waals surface area contributed by atoms with Gasteiger partial charge in [-0.2, -0.15) is 26.3 Å². The van der Waals surface area contributed by atoms with Crippen molar-refractivity contribution in [1.82, 2.24) is 4.98 Å². The Morgan fingerprint density at radius 2 is 1.69 bits per heavy atom. The van der Waals surface area contributed by atoms with Gasteiger partial charge in [0.1, 0.15) is 0 Å². The predicted molar refractivity (Wildman–Crippen MR) is 160 cm³/mol. The van der Waals surface area contributed by atoms with Crippen molar-refractivity contribution in [2.24, 2.45) is 17.8 Å². The van der Waals surface area contributed by atoms with Crippen LogP contribution in [0.2, 0.25) is 0 Å². The molecule has 1 aromatic heterocycles. The Bertz CT molecular complexity index is 1790. The lowest BCUT2D eigenvalue weighted by Gasteiger charge is -2.31. The quantitative estimate of drug-likeness (QED) is 0.155. The van der Waals surface area contributed by atoms with Crippen molar-refractivity contribution in [3.63, 3.8) is 0 Å². The topological polar surface area (TPSA) is 79.7 Å². The van der Waals surface area contributed by atoms with Crippen LogP contribution in [0, 0.1) is 23.6 Å². The molecule has 1 N–H and O–H groups in total. The van der Waals surface area contributed by atoms with Crippen LogP contribution in [-0.2, 0) is 26.7 Å². The fourth-order valence-electron chi connectivity index (χ4n) is 7.06. The number of amides is 2. The van der Waals surface area contributed by atoms with Crippen LogP contribution < -0.4 is 4.90 Å². The number of halogens is 7. The molecule has 2 aromatic carbocycles. The normalized spacial score (nSPS) is 23.2. The lowest BCUT2D eigenvalue weighted by atomic mass is 9.69. The van der Waals surface area contributed by atoms with E-state index in [4.69, 9.17) is 4.74 Å². The molecule has 2 saturated heterocycles. The van der Waals surface area contributed by atoms with Crippen LogP contribution in [0.25, 0.3) is 11.6 Å². The van der Waals surface area contributed by atoms with Crippen molar-refractivity contribution in [1.29, 1.82) is 0 Å². The highest BCUT2D eigenvalue weighted by molar-refractivity contribution is 6.22. The maximum Gasteiger partial charge on any atom is 0.416 e. The zero-order chi connectivity index (χ0) is 34.5. The standard InChI is InChI=1S/C35H29F7N2O4/c1-2-19-13-24-31(33(47)44(32(24)46)23-15-21(34(37,38)39)14-22(16-23)35(40,41)42)25-17-48-29(30(19)25)9-7-20(27-5-3-4-10-43-27)11-18-6-8-28(45)26(36)12-18/h3-6,8,10-12,14-16,24-25,29,31,45H,2,7,9,13,17H2,1H3/b20-11-/t24-,25+,29-,31-/m1/s1. The molecule has 4 atom stereocenters. The summed E-state index contributed by atoms with van der Waals surface area (Å²) in [7, 11) is 0. The number of fused-ring (bicyclic) bond motifs is 3. The highest BCUT2D eigenvalue weighted by atomic mass is 19.4. The molecule has 0 radical (unpaired) electrons. The van der Waals surface area contributed by atoms with Crippen molar-refractivity contribution < 1.29 is 50.2 Å². The van der Waals surface area contributed by atoms with E-state index in [1.807, 2.05) is 6.92 Å². The van der Waals surface area contributed by atoms with Gasteiger partial charge >= 0.3 is 12.4 Å². The van der Waals surface area contributed by atoms with Crippen LogP contribution >= 0.6 is 0 Å². The van der Waals surface area contributed by atoms with Crippen LogP contribution in [0.1, 0.15) is 55.0 Å². The monoisotopic (exact) mass is 674 g/mol. The minimum Gasteiger partial charge on any atom is -0.505 e. The maximum atomic E-state index is 14.1. The number of rotatable bonds is 7. The van der Waals surface area contributed by atoms with E-state index in [1.54, 1.807) is 36.5 Å². The number of phenols is 1. The Balaban J connectivity index is 1.29. The van der Waals surface area contributed by atoms with Gasteiger partial charge in [-0.3, -0.25) is 14.6 Å². The molecule has 2 amide bonds. The third kappa shape index (κ3) is 6.23. The number of carbonyl (C=O) groups is 2. The van der Waals surface area contributed by atoms with Gasteiger partial charge in [0.15, 0.2) is 11.6 Å². The van der Waals surface area contributed by atoms with Gasteiger partial charge in [0.25, 0.3) is 0 Å². The van der Waals surface area contributed by atoms with Crippen molar-refractivity contribution in [2.45, 2.75) is 51.1 Å². The number of alkyl halides is 6. The van der Waals surface area contributed by atoms with Crippen molar-refractivity contribution in [3.05, 3.63) is 100 Å². The van der Waals surface area contributed by atoms with E-state index in [0.29, 0.717) is 47.6 Å². The van der Waals surface area contributed by atoms with Gasteiger partial charge in [0, 0.05) is 12.1 Å². The third-order valence-electron chi connectivity index (χ3n) is 9.25. The summed E-state index contributed by atoms with van der Waals surface area (Å²) in [6, 6.07) is 10.1. The molecule has 3 heterocycles. The van der Waals surface area contributed by atoms with Gasteiger partial charge in [0.05, 0.1) is 47.1 Å². The second-order valence-electron chi connectivity index (χ2n) is 12.1. The van der Waals surface area contributed by atoms with Crippen molar-refractivity contribution in [2.75, 3.05) is 11.5 Å².